The smallest absolute Gasteiger partial charge is 0.317 e. The quantitative estimate of drug-likeness (QED) is 0.478. The Morgan fingerprint density at radius 3 is 2.89 bits per heavy atom. The van der Waals surface area contributed by atoms with E-state index in [1.54, 1.807) is 11.9 Å². The number of nitrogens with one attached hydrogen (secondary N) is 1. The van der Waals surface area contributed by atoms with Gasteiger partial charge in [0.1, 0.15) is 0 Å². The lowest BCUT2D eigenvalue weighted by Gasteiger charge is -2.03. The lowest BCUT2D eigenvalue weighted by atomic mass is 10.3. The van der Waals surface area contributed by atoms with Gasteiger partial charge in [-0.25, -0.2) is 4.79 Å². The van der Waals surface area contributed by atoms with Gasteiger partial charge >= 0.3 is 6.03 Å². The van der Waals surface area contributed by atoms with Crippen molar-refractivity contribution in [1.82, 2.24) is 10.2 Å². The Kier molecular flexibility index (Phi) is 1.57. The van der Waals surface area contributed by atoms with Gasteiger partial charge in [-0.2, -0.15) is 0 Å². The summed E-state index contributed by atoms with van der Waals surface area (Å²) in [4.78, 5) is 12.2. The van der Waals surface area contributed by atoms with E-state index < -0.39 is 0 Å². The summed E-state index contributed by atoms with van der Waals surface area (Å²) in [6.07, 6.45) is 0. The molecule has 1 atom stereocenters. The highest BCUT2D eigenvalue weighted by atomic mass is 16.3. The van der Waals surface area contributed by atoms with Crippen LogP contribution in [0.4, 0.5) is 4.79 Å². The van der Waals surface area contributed by atoms with Crippen molar-refractivity contribution in [3.63, 3.8) is 0 Å². The number of rotatable bonds is 1. The highest BCUT2D eigenvalue weighted by Gasteiger charge is 2.23. The van der Waals surface area contributed by atoms with E-state index in [4.69, 9.17) is 5.11 Å². The van der Waals surface area contributed by atoms with Gasteiger partial charge in [-0.15, -0.1) is 0 Å². The number of nitrogens with zero attached hydrogens (tertiary/aromatic N) is 1. The Morgan fingerprint density at radius 1 is 2.00 bits per heavy atom. The van der Waals surface area contributed by atoms with E-state index >= 15 is 0 Å². The number of aliphatic hydroxyl groups excluding tert-OH is 1. The summed E-state index contributed by atoms with van der Waals surface area (Å²) in [6, 6.07) is -0.170. The van der Waals surface area contributed by atoms with Crippen LogP contribution in [0.2, 0.25) is 0 Å². The highest BCUT2D eigenvalue weighted by molar-refractivity contribution is 5.76. The van der Waals surface area contributed by atoms with Crippen molar-refractivity contribution in [2.75, 3.05) is 20.2 Å². The van der Waals surface area contributed by atoms with Crippen molar-refractivity contribution in [2.45, 2.75) is 6.04 Å². The van der Waals surface area contributed by atoms with E-state index in [9.17, 15) is 4.79 Å². The number of urea groups is 1. The first-order valence-electron chi connectivity index (χ1n) is 2.86. The second kappa shape index (κ2) is 2.23. The zero-order valence-corrected chi connectivity index (χ0v) is 5.29. The summed E-state index contributed by atoms with van der Waals surface area (Å²) in [7, 11) is 1.70. The van der Waals surface area contributed by atoms with Gasteiger partial charge in [0.25, 0.3) is 0 Å². The Labute approximate surface area is 53.5 Å². The second-order valence-electron chi connectivity index (χ2n) is 2.21. The van der Waals surface area contributed by atoms with E-state index in [2.05, 4.69) is 5.32 Å². The Bertz CT molecular complexity index is 126. The Hall–Kier alpha value is -0.770. The average molecular weight is 130 g/mol. The molecule has 1 aliphatic heterocycles. The van der Waals surface area contributed by atoms with Crippen LogP contribution in [0.5, 0.6) is 0 Å². The molecule has 1 heterocycles. The van der Waals surface area contributed by atoms with Gasteiger partial charge in [-0.3, -0.25) is 0 Å². The molecule has 9 heavy (non-hydrogen) atoms. The summed E-state index contributed by atoms with van der Waals surface area (Å²) in [5.74, 6) is 0. The summed E-state index contributed by atoms with van der Waals surface area (Å²) in [5.41, 5.74) is 0. The van der Waals surface area contributed by atoms with E-state index in [0.717, 1.165) is 0 Å². The lowest BCUT2D eigenvalue weighted by molar-refractivity contribution is 0.225. The molecule has 4 nitrogen and oxygen atoms in total. The number of likely N-dealkylation sites (N-methyl/N-ethyl adjacent to an activating group) is 1. The Balaban J connectivity index is 2.44. The molecule has 0 aliphatic carbocycles. The molecule has 0 saturated carbocycles. The van der Waals surface area contributed by atoms with Crippen molar-refractivity contribution < 1.29 is 9.90 Å². The van der Waals surface area contributed by atoms with E-state index in [1.807, 2.05) is 0 Å². The fourth-order valence-electron chi connectivity index (χ4n) is 0.847. The molecule has 0 aromatic carbocycles. The van der Waals surface area contributed by atoms with Crippen LogP contribution in [0.1, 0.15) is 0 Å². The summed E-state index contributed by atoms with van der Waals surface area (Å²) in [6.45, 7) is 0.630. The van der Waals surface area contributed by atoms with Crippen molar-refractivity contribution in [1.29, 1.82) is 0 Å². The van der Waals surface area contributed by atoms with Gasteiger partial charge in [-0.1, -0.05) is 0 Å². The van der Waals surface area contributed by atoms with Crippen LogP contribution in [0.15, 0.2) is 0 Å². The van der Waals surface area contributed by atoms with Gasteiger partial charge in [0.05, 0.1) is 12.6 Å². The Morgan fingerprint density at radius 2 is 2.67 bits per heavy atom. The van der Waals surface area contributed by atoms with Crippen molar-refractivity contribution in [2.24, 2.45) is 0 Å². The first kappa shape index (κ1) is 6.35. The van der Waals surface area contributed by atoms with Crippen LogP contribution in [-0.2, 0) is 0 Å². The number of carbonyl (C=O) groups is 1. The minimum Gasteiger partial charge on any atom is -0.394 e. The number of hydrogen-bond acceptors (Lipinski definition) is 2. The van der Waals surface area contributed by atoms with E-state index in [0.29, 0.717) is 6.54 Å². The van der Waals surface area contributed by atoms with Crippen LogP contribution in [0.25, 0.3) is 0 Å². The fourth-order valence-corrected chi connectivity index (χ4v) is 0.847. The molecular formula is C5H10N2O2. The third kappa shape index (κ3) is 1.13. The van der Waals surface area contributed by atoms with Crippen LogP contribution < -0.4 is 5.32 Å². The maximum atomic E-state index is 10.6. The van der Waals surface area contributed by atoms with Crippen molar-refractivity contribution in [3.8, 4) is 0 Å². The molecule has 1 aliphatic rings. The molecule has 0 aromatic rings. The second-order valence-corrected chi connectivity index (χ2v) is 2.21. The van der Waals surface area contributed by atoms with Crippen molar-refractivity contribution in [3.05, 3.63) is 0 Å². The van der Waals surface area contributed by atoms with Gasteiger partial charge in [0.15, 0.2) is 0 Å². The summed E-state index contributed by atoms with van der Waals surface area (Å²) >= 11 is 0. The topological polar surface area (TPSA) is 52.6 Å². The highest BCUT2D eigenvalue weighted by Crippen LogP contribution is 1.98. The number of hydrogen-bond donors (Lipinski definition) is 2. The van der Waals surface area contributed by atoms with E-state index in [-0.39, 0.29) is 18.7 Å². The number of amides is 2. The van der Waals surface area contributed by atoms with E-state index in [1.165, 1.54) is 0 Å². The third-order valence-electron chi connectivity index (χ3n) is 1.39. The zero-order valence-electron chi connectivity index (χ0n) is 5.29. The molecule has 52 valence electrons. The first-order chi connectivity index (χ1) is 4.24. The molecule has 4 heteroatoms. The molecule has 1 fully saturated rings. The first-order valence-corrected chi connectivity index (χ1v) is 2.86. The molecule has 1 rings (SSSR count). The summed E-state index contributed by atoms with van der Waals surface area (Å²) < 4.78 is 0. The van der Waals surface area contributed by atoms with Gasteiger partial charge in [0.2, 0.25) is 0 Å². The van der Waals surface area contributed by atoms with Crippen LogP contribution >= 0.6 is 0 Å². The molecule has 0 spiro atoms. The van der Waals surface area contributed by atoms with Crippen LogP contribution in [0.3, 0.4) is 0 Å². The molecule has 1 saturated heterocycles. The predicted octanol–water partition coefficient (Wildman–Crippen LogP) is -0.998. The predicted molar refractivity (Wildman–Crippen MR) is 32.0 cm³/mol. The molecular weight excluding hydrogens is 120 g/mol. The summed E-state index contributed by atoms with van der Waals surface area (Å²) in [5, 5.41) is 11.2. The monoisotopic (exact) mass is 130 g/mol. The molecule has 0 radical (unpaired) electrons. The maximum absolute atomic E-state index is 10.6. The number of carbonyl (C=O) groups excluding carboxylic acids is 1. The standard InChI is InChI=1S/C5H10N2O2/c1-7-2-4(3-8)6-5(7)9/h4,8H,2-3H2,1H3,(H,6,9)/t4-/m1/s1. The normalized spacial score (nSPS) is 26.7. The van der Waals surface area contributed by atoms with Crippen LogP contribution in [0, 0.1) is 0 Å². The average Bonchev–Trinajstić information content (AvgIpc) is 2.13. The minimum absolute atomic E-state index is 0.0239. The fraction of sp³-hybridized carbons (Fsp3) is 0.800. The van der Waals surface area contributed by atoms with Crippen LogP contribution in [-0.4, -0.2) is 42.3 Å². The van der Waals surface area contributed by atoms with Gasteiger partial charge in [-0.05, 0) is 0 Å². The zero-order chi connectivity index (χ0) is 6.85. The lowest BCUT2D eigenvalue weighted by Crippen LogP contribution is -2.29. The van der Waals surface area contributed by atoms with Crippen molar-refractivity contribution >= 4 is 6.03 Å². The largest absolute Gasteiger partial charge is 0.394 e. The maximum Gasteiger partial charge on any atom is 0.317 e. The van der Waals surface area contributed by atoms with Gasteiger partial charge in [0, 0.05) is 13.6 Å². The third-order valence-corrected chi connectivity index (χ3v) is 1.39. The molecule has 0 unspecified atom stereocenters. The molecule has 2 amide bonds. The number of aliphatic hydroxyl groups is 1. The minimum atomic E-state index is -0.103. The molecule has 0 bridgehead atoms. The molecule has 0 aromatic heterocycles. The molecule has 2 N–H and O–H groups in total. The van der Waals surface area contributed by atoms with Gasteiger partial charge < -0.3 is 15.3 Å². The SMILES string of the molecule is CN1C[C@H](CO)NC1=O.